The van der Waals surface area contributed by atoms with Gasteiger partial charge in [-0.05, 0) is 29.6 Å². The lowest BCUT2D eigenvalue weighted by Crippen LogP contribution is -2.13. The number of aliphatic carboxylic acids is 1. The van der Waals surface area contributed by atoms with Gasteiger partial charge >= 0.3 is 5.97 Å². The molecule has 0 bridgehead atoms. The monoisotopic (exact) mass is 306 g/mol. The van der Waals surface area contributed by atoms with Crippen LogP contribution in [0.5, 0.6) is 0 Å². The van der Waals surface area contributed by atoms with Gasteiger partial charge in [0.15, 0.2) is 5.78 Å². The number of benzene rings is 1. The van der Waals surface area contributed by atoms with Crippen LogP contribution in [-0.2, 0) is 9.59 Å². The lowest BCUT2D eigenvalue weighted by Gasteiger charge is -2.14. The van der Waals surface area contributed by atoms with Crippen molar-refractivity contribution < 1.29 is 14.7 Å². The highest BCUT2D eigenvalue weighted by Crippen LogP contribution is 2.37. The fraction of sp³-hybridized carbons (Fsp3) is 0.200. The maximum Gasteiger partial charge on any atom is 0.341 e. The van der Waals surface area contributed by atoms with Crippen molar-refractivity contribution in [2.24, 2.45) is 0 Å². The van der Waals surface area contributed by atoms with Gasteiger partial charge in [0.2, 0.25) is 0 Å². The van der Waals surface area contributed by atoms with E-state index in [1.54, 1.807) is 6.08 Å². The number of hydrogen-bond acceptors (Lipinski definition) is 4. The summed E-state index contributed by atoms with van der Waals surface area (Å²) in [5, 5.41) is 9.25. The zero-order valence-electron chi connectivity index (χ0n) is 10.7. The molecule has 1 aliphatic heterocycles. The number of carboxylic acid groups (broad SMARTS) is 1. The fourth-order valence-electron chi connectivity index (χ4n) is 1.69. The van der Waals surface area contributed by atoms with Crippen LogP contribution in [0, 0.1) is 0 Å². The fourth-order valence-corrected chi connectivity index (χ4v) is 4.32. The van der Waals surface area contributed by atoms with E-state index < -0.39 is 11.8 Å². The van der Waals surface area contributed by atoms with E-state index in [9.17, 15) is 14.7 Å². The molecule has 3 nitrogen and oxygen atoms in total. The molecule has 1 aliphatic rings. The Hall–Kier alpha value is -1.46. The number of allylic oxidation sites excluding steroid dienone is 1. The molecule has 0 atom stereocenters. The van der Waals surface area contributed by atoms with Crippen molar-refractivity contribution in [3.05, 3.63) is 51.8 Å². The van der Waals surface area contributed by atoms with Gasteiger partial charge in [0.25, 0.3) is 0 Å². The Morgan fingerprint density at radius 1 is 1.10 bits per heavy atom. The number of hydrogen-bond donors (Lipinski definition) is 1. The number of carboxylic acids is 1. The van der Waals surface area contributed by atoms with Crippen LogP contribution in [0.25, 0.3) is 6.08 Å². The van der Waals surface area contributed by atoms with Gasteiger partial charge in [-0.1, -0.05) is 36.4 Å². The van der Waals surface area contributed by atoms with Crippen molar-refractivity contribution in [2.45, 2.75) is 6.42 Å². The van der Waals surface area contributed by atoms with E-state index in [1.165, 1.54) is 29.6 Å². The predicted molar refractivity (Wildman–Crippen MR) is 84.7 cm³/mol. The molecular formula is C15H14O3S2. The summed E-state index contributed by atoms with van der Waals surface area (Å²) in [5.41, 5.74) is 0.770. The third kappa shape index (κ3) is 4.02. The van der Waals surface area contributed by atoms with Crippen molar-refractivity contribution in [3.63, 3.8) is 0 Å². The highest BCUT2D eigenvalue weighted by molar-refractivity contribution is 8.22. The number of carbonyl (C=O) groups excluding carboxylic acids is 1. The SMILES string of the molecule is O=C(O)C(C(=O)/C=C/c1ccccc1)=C1SCCCS1. The Labute approximate surface area is 126 Å². The van der Waals surface area contributed by atoms with Crippen LogP contribution < -0.4 is 0 Å². The average Bonchev–Trinajstić information content (AvgIpc) is 2.47. The molecule has 0 unspecified atom stereocenters. The molecule has 1 N–H and O–H groups in total. The molecule has 1 saturated heterocycles. The van der Waals surface area contributed by atoms with Gasteiger partial charge < -0.3 is 5.11 Å². The van der Waals surface area contributed by atoms with Gasteiger partial charge in [0.1, 0.15) is 5.57 Å². The van der Waals surface area contributed by atoms with Crippen molar-refractivity contribution in [2.75, 3.05) is 11.5 Å². The highest BCUT2D eigenvalue weighted by Gasteiger charge is 2.23. The van der Waals surface area contributed by atoms with Crippen molar-refractivity contribution >= 4 is 41.4 Å². The summed E-state index contributed by atoms with van der Waals surface area (Å²) < 4.78 is 0.631. The summed E-state index contributed by atoms with van der Waals surface area (Å²) in [5.74, 6) is 0.145. The van der Waals surface area contributed by atoms with E-state index in [0.717, 1.165) is 23.5 Å². The minimum Gasteiger partial charge on any atom is -0.477 e. The minimum absolute atomic E-state index is 0.105. The van der Waals surface area contributed by atoms with Gasteiger partial charge in [-0.2, -0.15) is 0 Å². The van der Waals surface area contributed by atoms with Crippen LogP contribution in [0.3, 0.4) is 0 Å². The maximum absolute atomic E-state index is 12.1. The predicted octanol–water partition coefficient (Wildman–Crippen LogP) is 3.44. The van der Waals surface area contributed by atoms with Crippen LogP contribution in [0.2, 0.25) is 0 Å². The summed E-state index contributed by atoms with van der Waals surface area (Å²) in [6.07, 6.45) is 4.02. The molecule has 1 aromatic carbocycles. The number of ketones is 1. The molecular weight excluding hydrogens is 292 g/mol. The second kappa shape index (κ2) is 7.36. The Morgan fingerprint density at radius 3 is 2.35 bits per heavy atom. The Morgan fingerprint density at radius 2 is 1.75 bits per heavy atom. The third-order valence-electron chi connectivity index (χ3n) is 2.65. The molecule has 2 rings (SSSR count). The van der Waals surface area contributed by atoms with Crippen LogP contribution in [0.1, 0.15) is 12.0 Å². The third-order valence-corrected chi connectivity index (χ3v) is 5.27. The van der Waals surface area contributed by atoms with Crippen molar-refractivity contribution in [1.29, 1.82) is 0 Å². The Kier molecular flexibility index (Phi) is 5.49. The molecule has 104 valence electrons. The average molecular weight is 306 g/mol. The topological polar surface area (TPSA) is 54.4 Å². The summed E-state index contributed by atoms with van der Waals surface area (Å²) in [7, 11) is 0. The number of carbonyl (C=O) groups is 2. The highest BCUT2D eigenvalue weighted by atomic mass is 32.2. The summed E-state index contributed by atoms with van der Waals surface area (Å²) in [6.45, 7) is 0. The van der Waals surface area contributed by atoms with E-state index >= 15 is 0 Å². The van der Waals surface area contributed by atoms with Crippen LogP contribution >= 0.6 is 23.5 Å². The van der Waals surface area contributed by atoms with Crippen LogP contribution in [-0.4, -0.2) is 28.4 Å². The molecule has 0 saturated carbocycles. The van der Waals surface area contributed by atoms with E-state index in [-0.39, 0.29) is 5.57 Å². The lowest BCUT2D eigenvalue weighted by atomic mass is 10.1. The summed E-state index contributed by atoms with van der Waals surface area (Å²) >= 11 is 2.91. The Bertz CT molecular complexity index is 554. The molecule has 1 fully saturated rings. The first-order chi connectivity index (χ1) is 9.68. The van der Waals surface area contributed by atoms with Gasteiger partial charge in [-0.25, -0.2) is 4.79 Å². The second-order valence-corrected chi connectivity index (χ2v) is 6.60. The molecule has 0 spiro atoms. The Balaban J connectivity index is 2.20. The molecule has 0 amide bonds. The van der Waals surface area contributed by atoms with Crippen molar-refractivity contribution in [3.8, 4) is 0 Å². The van der Waals surface area contributed by atoms with Gasteiger partial charge in [0, 0.05) is 0 Å². The minimum atomic E-state index is -1.15. The van der Waals surface area contributed by atoms with E-state index in [0.29, 0.717) is 4.24 Å². The molecule has 1 aromatic rings. The largest absolute Gasteiger partial charge is 0.477 e. The molecule has 0 aromatic heterocycles. The first-order valence-corrected chi connectivity index (χ1v) is 8.16. The van der Waals surface area contributed by atoms with E-state index in [4.69, 9.17) is 0 Å². The smallest absolute Gasteiger partial charge is 0.341 e. The molecule has 0 radical (unpaired) electrons. The number of rotatable bonds is 4. The molecule has 5 heteroatoms. The van der Waals surface area contributed by atoms with E-state index in [1.807, 2.05) is 30.3 Å². The summed E-state index contributed by atoms with van der Waals surface area (Å²) in [6, 6.07) is 9.35. The molecule has 0 aliphatic carbocycles. The van der Waals surface area contributed by atoms with Gasteiger partial charge in [-0.15, -0.1) is 23.5 Å². The zero-order chi connectivity index (χ0) is 14.4. The first kappa shape index (κ1) is 14.9. The second-order valence-electron chi connectivity index (χ2n) is 4.13. The lowest BCUT2D eigenvalue weighted by molar-refractivity contribution is -0.134. The van der Waals surface area contributed by atoms with Crippen LogP contribution in [0.4, 0.5) is 0 Å². The maximum atomic E-state index is 12.1. The number of thioether (sulfide) groups is 2. The summed E-state index contributed by atoms with van der Waals surface area (Å²) in [4.78, 5) is 23.4. The zero-order valence-corrected chi connectivity index (χ0v) is 12.4. The molecule has 20 heavy (non-hydrogen) atoms. The molecule has 1 heterocycles. The van der Waals surface area contributed by atoms with Crippen molar-refractivity contribution in [1.82, 2.24) is 0 Å². The first-order valence-electron chi connectivity index (χ1n) is 6.19. The quantitative estimate of drug-likeness (QED) is 0.524. The van der Waals surface area contributed by atoms with E-state index in [2.05, 4.69) is 0 Å². The van der Waals surface area contributed by atoms with Gasteiger partial charge in [-0.3, -0.25) is 4.79 Å². The van der Waals surface area contributed by atoms with Crippen LogP contribution in [0.15, 0.2) is 46.2 Å². The normalized spacial score (nSPS) is 15.3. The van der Waals surface area contributed by atoms with Gasteiger partial charge in [0.05, 0.1) is 4.24 Å². The standard InChI is InChI=1S/C15H14O3S2/c16-12(8-7-11-5-2-1-3-6-11)13(14(17)18)15-19-9-4-10-20-15/h1-3,5-8H,4,9-10H2,(H,17,18)/b8-7+.